The summed E-state index contributed by atoms with van der Waals surface area (Å²) in [5, 5.41) is 0. The molecule has 0 spiro atoms. The van der Waals surface area contributed by atoms with Gasteiger partial charge in [0.05, 0.1) is 25.0 Å². The molecule has 0 saturated carbocycles. The maximum absolute atomic E-state index is 14.4. The highest BCUT2D eigenvalue weighted by Gasteiger charge is 2.46. The average molecular weight is 428 g/mol. The molecule has 2 aromatic rings. The summed E-state index contributed by atoms with van der Waals surface area (Å²) in [5.74, 6) is -2.82. The summed E-state index contributed by atoms with van der Waals surface area (Å²) in [6, 6.07) is 14.7. The molecular formula is C25H30FNO4. The first-order valence-corrected chi connectivity index (χ1v) is 10.8. The number of carbonyl (C=O) groups is 2. The SMILES string of the molecule is CCOC(=O)[C@H]1CN(Cc2ccccc2)C[C@@H](C(=O)OCC)[C@@H]1c1cccc(F)c1C. The van der Waals surface area contributed by atoms with Crippen molar-refractivity contribution in [3.8, 4) is 0 Å². The zero-order valence-electron chi connectivity index (χ0n) is 18.3. The summed E-state index contributed by atoms with van der Waals surface area (Å²) in [6.45, 7) is 7.13. The van der Waals surface area contributed by atoms with Gasteiger partial charge in [0.2, 0.25) is 0 Å². The first kappa shape index (κ1) is 22.9. The predicted molar refractivity (Wildman–Crippen MR) is 116 cm³/mol. The third-order valence-corrected chi connectivity index (χ3v) is 5.87. The summed E-state index contributed by atoms with van der Waals surface area (Å²) < 4.78 is 25.2. The molecule has 1 aliphatic heterocycles. The second-order valence-corrected chi connectivity index (χ2v) is 7.88. The van der Waals surface area contributed by atoms with E-state index in [1.807, 2.05) is 30.3 Å². The Labute approximate surface area is 183 Å². The van der Waals surface area contributed by atoms with Gasteiger partial charge in [0.1, 0.15) is 5.82 Å². The van der Waals surface area contributed by atoms with Crippen LogP contribution in [0, 0.1) is 24.6 Å². The molecule has 1 heterocycles. The van der Waals surface area contributed by atoms with Crippen LogP contribution in [-0.4, -0.2) is 43.1 Å². The Morgan fingerprint density at radius 2 is 1.52 bits per heavy atom. The highest BCUT2D eigenvalue weighted by Crippen LogP contribution is 2.41. The zero-order chi connectivity index (χ0) is 22.4. The van der Waals surface area contributed by atoms with Gasteiger partial charge in [-0.2, -0.15) is 0 Å². The van der Waals surface area contributed by atoms with Gasteiger partial charge in [-0.1, -0.05) is 42.5 Å². The van der Waals surface area contributed by atoms with Gasteiger partial charge < -0.3 is 9.47 Å². The number of carbonyl (C=O) groups excluding carboxylic acids is 2. The molecule has 1 saturated heterocycles. The fourth-order valence-electron chi connectivity index (χ4n) is 4.47. The van der Waals surface area contributed by atoms with Crippen molar-refractivity contribution in [3.05, 3.63) is 71.0 Å². The van der Waals surface area contributed by atoms with Crippen molar-refractivity contribution in [3.63, 3.8) is 0 Å². The number of likely N-dealkylation sites (tertiary alicyclic amines) is 1. The van der Waals surface area contributed by atoms with Crippen molar-refractivity contribution in [1.82, 2.24) is 4.90 Å². The number of halogens is 1. The van der Waals surface area contributed by atoms with Gasteiger partial charge in [0.15, 0.2) is 0 Å². The van der Waals surface area contributed by atoms with E-state index in [0.717, 1.165) is 5.56 Å². The molecule has 5 nitrogen and oxygen atoms in total. The Kier molecular flexibility index (Phi) is 7.80. The van der Waals surface area contributed by atoms with E-state index >= 15 is 0 Å². The van der Waals surface area contributed by atoms with Crippen molar-refractivity contribution >= 4 is 11.9 Å². The van der Waals surface area contributed by atoms with Gasteiger partial charge in [-0.3, -0.25) is 14.5 Å². The summed E-state index contributed by atoms with van der Waals surface area (Å²) in [6.07, 6.45) is 0. The number of hydrogen-bond donors (Lipinski definition) is 0. The molecule has 0 aliphatic carbocycles. The standard InChI is InChI=1S/C25H30FNO4/c1-4-30-24(28)20-15-27(14-18-10-7-6-8-11-18)16-21(25(29)31-5-2)23(20)19-12-9-13-22(26)17(19)3/h6-13,20-21,23H,4-5,14-16H2,1-3H3/t20-,21+,23+. The molecule has 0 unspecified atom stereocenters. The van der Waals surface area contributed by atoms with E-state index in [4.69, 9.17) is 9.47 Å². The lowest BCUT2D eigenvalue weighted by Gasteiger charge is -2.42. The molecule has 0 radical (unpaired) electrons. The van der Waals surface area contributed by atoms with Crippen molar-refractivity contribution < 1.29 is 23.5 Å². The third-order valence-electron chi connectivity index (χ3n) is 5.87. The summed E-state index contributed by atoms with van der Waals surface area (Å²) in [4.78, 5) is 28.1. The van der Waals surface area contributed by atoms with Gasteiger partial charge in [-0.05, 0) is 43.5 Å². The Morgan fingerprint density at radius 1 is 0.935 bits per heavy atom. The molecule has 0 bridgehead atoms. The normalized spacial score (nSPS) is 21.5. The Balaban J connectivity index is 2.02. The third kappa shape index (κ3) is 5.31. The van der Waals surface area contributed by atoms with Gasteiger partial charge in [-0.15, -0.1) is 0 Å². The van der Waals surface area contributed by atoms with Gasteiger partial charge in [0, 0.05) is 25.6 Å². The first-order valence-electron chi connectivity index (χ1n) is 10.8. The minimum Gasteiger partial charge on any atom is -0.466 e. The maximum Gasteiger partial charge on any atom is 0.310 e. The molecule has 0 amide bonds. The van der Waals surface area contributed by atoms with Crippen LogP contribution < -0.4 is 0 Å². The van der Waals surface area contributed by atoms with Crippen molar-refractivity contribution in [2.24, 2.45) is 11.8 Å². The monoisotopic (exact) mass is 427 g/mol. The summed E-state index contributed by atoms with van der Waals surface area (Å²) >= 11 is 0. The lowest BCUT2D eigenvalue weighted by atomic mass is 9.72. The molecule has 1 fully saturated rings. The predicted octanol–water partition coefficient (Wildman–Crippen LogP) is 4.09. The number of ether oxygens (including phenoxy) is 2. The minimum absolute atomic E-state index is 0.243. The lowest BCUT2D eigenvalue weighted by Crippen LogP contribution is -2.51. The topological polar surface area (TPSA) is 55.8 Å². The van der Waals surface area contributed by atoms with Crippen LogP contribution in [0.4, 0.5) is 4.39 Å². The van der Waals surface area contributed by atoms with Crippen molar-refractivity contribution in [1.29, 1.82) is 0 Å². The van der Waals surface area contributed by atoms with Gasteiger partial charge in [-0.25, -0.2) is 4.39 Å². The van der Waals surface area contributed by atoms with E-state index < -0.39 is 17.8 Å². The largest absolute Gasteiger partial charge is 0.466 e. The molecule has 3 atom stereocenters. The molecule has 31 heavy (non-hydrogen) atoms. The Hall–Kier alpha value is -2.73. The van der Waals surface area contributed by atoms with Crippen LogP contribution in [0.25, 0.3) is 0 Å². The molecule has 0 aromatic heterocycles. The van der Waals surface area contributed by atoms with Crippen molar-refractivity contribution in [2.75, 3.05) is 26.3 Å². The van der Waals surface area contributed by atoms with Crippen LogP contribution in [0.1, 0.15) is 36.5 Å². The fraction of sp³-hybridized carbons (Fsp3) is 0.440. The quantitative estimate of drug-likeness (QED) is 0.623. The Bertz CT molecular complexity index is 874. The molecule has 2 aromatic carbocycles. The van der Waals surface area contributed by atoms with Crippen LogP contribution in [-0.2, 0) is 25.6 Å². The molecule has 3 rings (SSSR count). The average Bonchev–Trinajstić information content (AvgIpc) is 2.76. The second-order valence-electron chi connectivity index (χ2n) is 7.88. The molecular weight excluding hydrogens is 397 g/mol. The van der Waals surface area contributed by atoms with E-state index in [1.54, 1.807) is 32.9 Å². The van der Waals surface area contributed by atoms with Crippen LogP contribution >= 0.6 is 0 Å². The molecule has 6 heteroatoms. The highest BCUT2D eigenvalue weighted by molar-refractivity contribution is 5.79. The van der Waals surface area contributed by atoms with Crippen LogP contribution in [0.3, 0.4) is 0 Å². The number of piperidine rings is 1. The van der Waals surface area contributed by atoms with Crippen LogP contribution in [0.15, 0.2) is 48.5 Å². The zero-order valence-corrected chi connectivity index (χ0v) is 18.3. The maximum atomic E-state index is 14.4. The molecule has 0 N–H and O–H groups in total. The van der Waals surface area contributed by atoms with Gasteiger partial charge in [0.25, 0.3) is 0 Å². The summed E-state index contributed by atoms with van der Waals surface area (Å²) in [7, 11) is 0. The van der Waals surface area contributed by atoms with E-state index in [2.05, 4.69) is 4.90 Å². The number of rotatable bonds is 7. The van der Waals surface area contributed by atoms with E-state index in [0.29, 0.717) is 30.8 Å². The number of esters is 2. The number of benzene rings is 2. The van der Waals surface area contributed by atoms with E-state index in [1.165, 1.54) is 6.07 Å². The van der Waals surface area contributed by atoms with E-state index in [-0.39, 0.29) is 31.0 Å². The molecule has 166 valence electrons. The fourth-order valence-corrected chi connectivity index (χ4v) is 4.47. The van der Waals surface area contributed by atoms with Gasteiger partial charge >= 0.3 is 11.9 Å². The Morgan fingerprint density at radius 3 is 2.06 bits per heavy atom. The van der Waals surface area contributed by atoms with E-state index in [9.17, 15) is 14.0 Å². The van der Waals surface area contributed by atoms with Crippen LogP contribution in [0.5, 0.6) is 0 Å². The number of nitrogens with zero attached hydrogens (tertiary/aromatic N) is 1. The first-order chi connectivity index (χ1) is 15.0. The van der Waals surface area contributed by atoms with Crippen LogP contribution in [0.2, 0.25) is 0 Å². The number of hydrogen-bond acceptors (Lipinski definition) is 5. The smallest absolute Gasteiger partial charge is 0.310 e. The lowest BCUT2D eigenvalue weighted by molar-refractivity contribution is -0.158. The second kappa shape index (κ2) is 10.5. The van der Waals surface area contributed by atoms with Crippen molar-refractivity contribution in [2.45, 2.75) is 33.2 Å². The molecule has 1 aliphatic rings. The summed E-state index contributed by atoms with van der Waals surface area (Å²) in [5.41, 5.74) is 2.20. The highest BCUT2D eigenvalue weighted by atomic mass is 19.1. The minimum atomic E-state index is -0.604.